The molecule has 19 heavy (non-hydrogen) atoms. The van der Waals surface area contributed by atoms with E-state index in [1.807, 2.05) is 37.4 Å². The van der Waals surface area contributed by atoms with Crippen molar-refractivity contribution in [1.82, 2.24) is 5.32 Å². The van der Waals surface area contributed by atoms with E-state index in [2.05, 4.69) is 10.3 Å². The van der Waals surface area contributed by atoms with Crippen LogP contribution in [0, 0.1) is 6.92 Å². The molecule has 0 aromatic heterocycles. The lowest BCUT2D eigenvalue weighted by Crippen LogP contribution is -2.29. The Kier molecular flexibility index (Phi) is 3.95. The van der Waals surface area contributed by atoms with Crippen LogP contribution in [0.25, 0.3) is 0 Å². The molecule has 0 bridgehead atoms. The molecule has 0 spiro atoms. The highest BCUT2D eigenvalue weighted by Crippen LogP contribution is 2.33. The summed E-state index contributed by atoms with van der Waals surface area (Å²) in [6.45, 7) is 3.75. The van der Waals surface area contributed by atoms with Gasteiger partial charge in [0.2, 0.25) is 0 Å². The minimum Gasteiger partial charge on any atom is -0.478 e. The van der Waals surface area contributed by atoms with Gasteiger partial charge in [-0.2, -0.15) is 0 Å². The van der Waals surface area contributed by atoms with Gasteiger partial charge in [0.1, 0.15) is 6.04 Å². The second-order valence-electron chi connectivity index (χ2n) is 4.37. The van der Waals surface area contributed by atoms with Crippen molar-refractivity contribution in [2.45, 2.75) is 19.9 Å². The van der Waals surface area contributed by atoms with Crippen molar-refractivity contribution in [3.63, 3.8) is 0 Å². The summed E-state index contributed by atoms with van der Waals surface area (Å²) in [5, 5.41) is 13.2. The van der Waals surface area contributed by atoms with Gasteiger partial charge in [0.05, 0.1) is 5.57 Å². The number of hydrogen-bond acceptors (Lipinski definition) is 4. The van der Waals surface area contributed by atoms with Crippen LogP contribution in [-0.4, -0.2) is 22.5 Å². The van der Waals surface area contributed by atoms with E-state index < -0.39 is 12.0 Å². The number of allylic oxidation sites excluding steroid dienone is 1. The number of thioether (sulfide) groups is 1. The molecule has 1 aliphatic rings. The van der Waals surface area contributed by atoms with Gasteiger partial charge in [-0.25, -0.2) is 9.79 Å². The SMILES string of the molecule is CSC1=NC(c2ccccc2C)C(C(=O)O)=C(C)N1. The zero-order valence-corrected chi connectivity index (χ0v) is 11.9. The molecule has 0 amide bonds. The van der Waals surface area contributed by atoms with Gasteiger partial charge in [0.15, 0.2) is 5.17 Å². The lowest BCUT2D eigenvalue weighted by Gasteiger charge is -2.25. The second kappa shape index (κ2) is 5.48. The topological polar surface area (TPSA) is 61.7 Å². The number of nitrogens with one attached hydrogen (secondary N) is 1. The number of amidine groups is 1. The highest BCUT2D eigenvalue weighted by molar-refractivity contribution is 8.13. The Bertz CT molecular complexity index is 579. The van der Waals surface area contributed by atoms with Crippen molar-refractivity contribution in [2.24, 2.45) is 4.99 Å². The smallest absolute Gasteiger partial charge is 0.335 e. The standard InChI is InChI=1S/C14H16N2O2S/c1-8-6-4-5-7-10(8)12-11(13(17)18)9(2)15-14(16-12)19-3/h4-7,12H,1-3H3,(H,15,16)(H,17,18). The number of aryl methyl sites for hydroxylation is 1. The average molecular weight is 276 g/mol. The Balaban J connectivity index is 2.55. The van der Waals surface area contributed by atoms with Crippen molar-refractivity contribution < 1.29 is 9.90 Å². The van der Waals surface area contributed by atoms with Crippen LogP contribution in [0.1, 0.15) is 24.1 Å². The van der Waals surface area contributed by atoms with Gasteiger partial charge in [0.25, 0.3) is 0 Å². The van der Waals surface area contributed by atoms with E-state index in [0.717, 1.165) is 16.3 Å². The van der Waals surface area contributed by atoms with Crippen LogP contribution in [0.4, 0.5) is 0 Å². The Morgan fingerprint density at radius 1 is 1.37 bits per heavy atom. The van der Waals surface area contributed by atoms with Crippen LogP contribution < -0.4 is 5.32 Å². The number of benzene rings is 1. The third kappa shape index (κ3) is 2.66. The van der Waals surface area contributed by atoms with Crippen LogP contribution in [0.2, 0.25) is 0 Å². The minimum absolute atomic E-state index is 0.312. The number of carboxylic acid groups (broad SMARTS) is 1. The molecule has 1 aromatic carbocycles. The van der Waals surface area contributed by atoms with Gasteiger partial charge in [0, 0.05) is 5.70 Å². The number of hydrogen-bond donors (Lipinski definition) is 2. The molecule has 1 aliphatic heterocycles. The number of nitrogens with zero attached hydrogens (tertiary/aromatic N) is 1. The zero-order chi connectivity index (χ0) is 14.0. The lowest BCUT2D eigenvalue weighted by atomic mass is 9.93. The fraction of sp³-hybridized carbons (Fsp3) is 0.286. The number of aliphatic carboxylic acids is 1. The molecule has 2 N–H and O–H groups in total. The van der Waals surface area contributed by atoms with Crippen LogP contribution in [0.5, 0.6) is 0 Å². The fourth-order valence-electron chi connectivity index (χ4n) is 2.15. The van der Waals surface area contributed by atoms with E-state index in [9.17, 15) is 9.90 Å². The van der Waals surface area contributed by atoms with Gasteiger partial charge in [-0.1, -0.05) is 36.0 Å². The quantitative estimate of drug-likeness (QED) is 0.872. The summed E-state index contributed by atoms with van der Waals surface area (Å²) in [4.78, 5) is 16.0. The van der Waals surface area contributed by atoms with E-state index in [4.69, 9.17) is 0 Å². The molecule has 1 atom stereocenters. The van der Waals surface area contributed by atoms with Crippen LogP contribution in [0.3, 0.4) is 0 Å². The average Bonchev–Trinajstić information content (AvgIpc) is 2.37. The molecule has 0 fully saturated rings. The highest BCUT2D eigenvalue weighted by atomic mass is 32.2. The Hall–Kier alpha value is -1.75. The molecular weight excluding hydrogens is 260 g/mol. The Labute approximate surface area is 116 Å². The summed E-state index contributed by atoms with van der Waals surface area (Å²) in [6, 6.07) is 7.31. The van der Waals surface area contributed by atoms with Crippen molar-refractivity contribution in [3.8, 4) is 0 Å². The van der Waals surface area contributed by atoms with Crippen LogP contribution in [-0.2, 0) is 4.79 Å². The summed E-state index contributed by atoms with van der Waals surface area (Å²) in [7, 11) is 0. The van der Waals surface area contributed by atoms with E-state index >= 15 is 0 Å². The van der Waals surface area contributed by atoms with Gasteiger partial charge >= 0.3 is 5.97 Å². The molecule has 1 unspecified atom stereocenters. The molecule has 5 heteroatoms. The van der Waals surface area contributed by atoms with Gasteiger partial charge < -0.3 is 10.4 Å². The molecule has 2 rings (SSSR count). The summed E-state index contributed by atoms with van der Waals surface area (Å²) in [5.41, 5.74) is 2.95. The van der Waals surface area contributed by atoms with E-state index in [0.29, 0.717) is 11.3 Å². The maximum atomic E-state index is 11.5. The Morgan fingerprint density at radius 2 is 2.05 bits per heavy atom. The number of carbonyl (C=O) groups is 1. The molecule has 0 saturated heterocycles. The molecule has 0 saturated carbocycles. The van der Waals surface area contributed by atoms with Gasteiger partial charge in [-0.3, -0.25) is 0 Å². The number of carboxylic acids is 1. The molecule has 0 aliphatic carbocycles. The third-order valence-electron chi connectivity index (χ3n) is 3.13. The van der Waals surface area contributed by atoms with Crippen LogP contribution >= 0.6 is 11.8 Å². The predicted molar refractivity (Wildman–Crippen MR) is 78.3 cm³/mol. The number of rotatable bonds is 2. The monoisotopic (exact) mass is 276 g/mol. The molecule has 100 valence electrons. The fourth-order valence-corrected chi connectivity index (χ4v) is 2.61. The van der Waals surface area contributed by atoms with Crippen LogP contribution in [0.15, 0.2) is 40.5 Å². The second-order valence-corrected chi connectivity index (χ2v) is 5.16. The first-order chi connectivity index (χ1) is 9.04. The van der Waals surface area contributed by atoms with Gasteiger partial charge in [-0.15, -0.1) is 0 Å². The predicted octanol–water partition coefficient (Wildman–Crippen LogP) is 2.72. The first kappa shape index (κ1) is 13.7. The van der Waals surface area contributed by atoms with E-state index in [1.54, 1.807) is 6.92 Å². The van der Waals surface area contributed by atoms with Gasteiger partial charge in [-0.05, 0) is 31.2 Å². The number of aliphatic imine (C=N–C) groups is 1. The molecule has 4 nitrogen and oxygen atoms in total. The first-order valence-electron chi connectivity index (χ1n) is 5.93. The van der Waals surface area contributed by atoms with Crippen molar-refractivity contribution in [2.75, 3.05) is 6.26 Å². The lowest BCUT2D eigenvalue weighted by molar-refractivity contribution is -0.133. The summed E-state index contributed by atoms with van der Waals surface area (Å²) >= 11 is 1.48. The molecule has 0 radical (unpaired) electrons. The minimum atomic E-state index is -0.929. The van der Waals surface area contributed by atoms with Crippen molar-refractivity contribution in [3.05, 3.63) is 46.7 Å². The van der Waals surface area contributed by atoms with E-state index in [1.165, 1.54) is 11.8 Å². The zero-order valence-electron chi connectivity index (χ0n) is 11.1. The molecular formula is C14H16N2O2S. The summed E-state index contributed by atoms with van der Waals surface area (Å²) < 4.78 is 0. The van der Waals surface area contributed by atoms with Crippen molar-refractivity contribution in [1.29, 1.82) is 0 Å². The third-order valence-corrected chi connectivity index (χ3v) is 3.72. The summed E-state index contributed by atoms with van der Waals surface area (Å²) in [5.74, 6) is -0.929. The normalized spacial score (nSPS) is 18.9. The first-order valence-corrected chi connectivity index (χ1v) is 7.15. The van der Waals surface area contributed by atoms with Crippen molar-refractivity contribution >= 4 is 22.9 Å². The van der Waals surface area contributed by atoms with E-state index in [-0.39, 0.29) is 0 Å². The largest absolute Gasteiger partial charge is 0.478 e. The Morgan fingerprint density at radius 3 is 2.63 bits per heavy atom. The molecule has 1 heterocycles. The highest BCUT2D eigenvalue weighted by Gasteiger charge is 2.29. The maximum absolute atomic E-state index is 11.5. The maximum Gasteiger partial charge on any atom is 0.335 e. The summed E-state index contributed by atoms with van der Waals surface area (Å²) in [6.07, 6.45) is 1.92. The molecule has 1 aromatic rings.